The second-order valence-corrected chi connectivity index (χ2v) is 5.02. The average molecular weight is 271 g/mol. The van der Waals surface area contributed by atoms with Crippen LogP contribution in [0, 0.1) is 5.82 Å². The van der Waals surface area contributed by atoms with Crippen molar-refractivity contribution in [2.75, 3.05) is 11.8 Å². The van der Waals surface area contributed by atoms with Crippen molar-refractivity contribution in [1.29, 1.82) is 0 Å². The molecule has 0 atom stereocenters. The van der Waals surface area contributed by atoms with Gasteiger partial charge >= 0.3 is 0 Å². The minimum Gasteiger partial charge on any atom is -0.494 e. The topological polar surface area (TPSA) is 84.1 Å². The van der Waals surface area contributed by atoms with E-state index in [0.29, 0.717) is 0 Å². The SMILES string of the molecule is COc1ccc(S(=O)(=O)Nc2ncc[nH]2)cc1F. The van der Waals surface area contributed by atoms with E-state index in [1.165, 1.54) is 31.6 Å². The first kappa shape index (κ1) is 12.4. The Morgan fingerprint density at radius 2 is 2.22 bits per heavy atom. The summed E-state index contributed by atoms with van der Waals surface area (Å²) in [4.78, 5) is 6.09. The number of aromatic nitrogens is 2. The summed E-state index contributed by atoms with van der Waals surface area (Å²) in [5.41, 5.74) is 0. The van der Waals surface area contributed by atoms with Gasteiger partial charge in [-0.1, -0.05) is 0 Å². The molecule has 0 aliphatic rings. The van der Waals surface area contributed by atoms with Gasteiger partial charge in [0.2, 0.25) is 5.95 Å². The molecule has 6 nitrogen and oxygen atoms in total. The van der Waals surface area contributed by atoms with Gasteiger partial charge in [0.25, 0.3) is 10.0 Å². The Morgan fingerprint density at radius 1 is 1.44 bits per heavy atom. The summed E-state index contributed by atoms with van der Waals surface area (Å²) in [5.74, 6) is -0.710. The Hall–Kier alpha value is -2.09. The first-order chi connectivity index (χ1) is 8.53. The standard InChI is InChI=1S/C10H10FN3O3S/c1-17-9-3-2-7(6-8(9)11)18(15,16)14-10-12-4-5-13-10/h2-6H,1H3,(H2,12,13,14). The fraction of sp³-hybridized carbons (Fsp3) is 0.100. The number of ether oxygens (including phenoxy) is 1. The third-order valence-electron chi connectivity index (χ3n) is 2.16. The number of nitrogens with zero attached hydrogens (tertiary/aromatic N) is 1. The molecule has 0 radical (unpaired) electrons. The van der Waals surface area contributed by atoms with E-state index in [9.17, 15) is 12.8 Å². The van der Waals surface area contributed by atoms with Crippen LogP contribution in [0.15, 0.2) is 35.5 Å². The van der Waals surface area contributed by atoms with Gasteiger partial charge in [0.05, 0.1) is 12.0 Å². The van der Waals surface area contributed by atoms with Crippen molar-refractivity contribution >= 4 is 16.0 Å². The van der Waals surface area contributed by atoms with E-state index in [1.54, 1.807) is 0 Å². The number of halogens is 1. The van der Waals surface area contributed by atoms with Crippen molar-refractivity contribution in [2.24, 2.45) is 0 Å². The van der Waals surface area contributed by atoms with E-state index in [2.05, 4.69) is 14.7 Å². The van der Waals surface area contributed by atoms with Crippen LogP contribution in [0.4, 0.5) is 10.3 Å². The van der Waals surface area contributed by atoms with Gasteiger partial charge in [-0.05, 0) is 18.2 Å². The van der Waals surface area contributed by atoms with Gasteiger partial charge in [-0.25, -0.2) is 22.5 Å². The summed E-state index contributed by atoms with van der Waals surface area (Å²) >= 11 is 0. The molecule has 0 unspecified atom stereocenters. The normalized spacial score (nSPS) is 11.2. The van der Waals surface area contributed by atoms with Crippen molar-refractivity contribution in [2.45, 2.75) is 4.90 Å². The second kappa shape index (κ2) is 4.65. The number of imidazole rings is 1. The fourth-order valence-corrected chi connectivity index (χ4v) is 2.31. The summed E-state index contributed by atoms with van der Waals surface area (Å²) in [6, 6.07) is 3.36. The zero-order valence-corrected chi connectivity index (χ0v) is 10.2. The highest BCUT2D eigenvalue weighted by atomic mass is 32.2. The summed E-state index contributed by atoms with van der Waals surface area (Å²) in [6.07, 6.45) is 2.86. The van der Waals surface area contributed by atoms with Gasteiger partial charge < -0.3 is 9.72 Å². The molecule has 2 N–H and O–H groups in total. The van der Waals surface area contributed by atoms with Crippen LogP contribution in [-0.4, -0.2) is 25.5 Å². The summed E-state index contributed by atoms with van der Waals surface area (Å²) in [7, 11) is -2.57. The van der Waals surface area contributed by atoms with Crippen LogP contribution in [0.25, 0.3) is 0 Å². The highest BCUT2D eigenvalue weighted by molar-refractivity contribution is 7.92. The monoisotopic (exact) mass is 271 g/mol. The summed E-state index contributed by atoms with van der Waals surface area (Å²) < 4.78 is 44.1. The number of rotatable bonds is 4. The molecule has 2 rings (SSSR count). The van der Waals surface area contributed by atoms with Gasteiger partial charge in [-0.3, -0.25) is 0 Å². The lowest BCUT2D eigenvalue weighted by Gasteiger charge is -2.07. The van der Waals surface area contributed by atoms with Crippen molar-refractivity contribution in [3.8, 4) is 5.75 Å². The number of methoxy groups -OCH3 is 1. The third kappa shape index (κ3) is 2.43. The van der Waals surface area contributed by atoms with Crippen molar-refractivity contribution in [3.05, 3.63) is 36.4 Å². The lowest BCUT2D eigenvalue weighted by atomic mass is 10.3. The molecule has 0 saturated heterocycles. The maximum absolute atomic E-state index is 13.4. The molecule has 0 saturated carbocycles. The van der Waals surface area contributed by atoms with E-state index in [1.807, 2.05) is 0 Å². The van der Waals surface area contributed by atoms with Crippen molar-refractivity contribution in [1.82, 2.24) is 9.97 Å². The van der Waals surface area contributed by atoms with E-state index < -0.39 is 15.8 Å². The molecule has 1 heterocycles. The Labute approximate surface area is 103 Å². The minimum atomic E-state index is -3.87. The molecule has 2 aromatic rings. The molecule has 8 heteroatoms. The van der Waals surface area contributed by atoms with Crippen molar-refractivity contribution in [3.63, 3.8) is 0 Å². The number of benzene rings is 1. The van der Waals surface area contributed by atoms with Gasteiger partial charge in [-0.2, -0.15) is 0 Å². The minimum absolute atomic E-state index is 0.0213. The van der Waals surface area contributed by atoms with E-state index in [0.717, 1.165) is 6.07 Å². The van der Waals surface area contributed by atoms with Crippen LogP contribution in [0.5, 0.6) is 5.75 Å². The molecular weight excluding hydrogens is 261 g/mol. The quantitative estimate of drug-likeness (QED) is 0.879. The Morgan fingerprint density at radius 3 is 2.78 bits per heavy atom. The largest absolute Gasteiger partial charge is 0.494 e. The molecule has 0 bridgehead atoms. The van der Waals surface area contributed by atoms with Gasteiger partial charge in [0.15, 0.2) is 11.6 Å². The molecule has 1 aromatic heterocycles. The highest BCUT2D eigenvalue weighted by Gasteiger charge is 2.17. The summed E-state index contributed by atoms with van der Waals surface area (Å²) in [5, 5.41) is 0. The molecule has 96 valence electrons. The maximum atomic E-state index is 13.4. The van der Waals surface area contributed by atoms with Gasteiger partial charge in [-0.15, -0.1) is 0 Å². The average Bonchev–Trinajstić information content (AvgIpc) is 2.81. The maximum Gasteiger partial charge on any atom is 0.264 e. The zero-order valence-electron chi connectivity index (χ0n) is 9.34. The zero-order chi connectivity index (χ0) is 13.2. The first-order valence-corrected chi connectivity index (χ1v) is 6.37. The Balaban J connectivity index is 2.33. The van der Waals surface area contributed by atoms with Crippen molar-refractivity contribution < 1.29 is 17.5 Å². The highest BCUT2D eigenvalue weighted by Crippen LogP contribution is 2.21. The van der Waals surface area contributed by atoms with Crippen LogP contribution < -0.4 is 9.46 Å². The third-order valence-corrected chi connectivity index (χ3v) is 3.50. The van der Waals surface area contributed by atoms with E-state index in [4.69, 9.17) is 4.74 Å². The molecule has 0 spiro atoms. The molecule has 1 aromatic carbocycles. The van der Waals surface area contributed by atoms with Crippen LogP contribution in [0.3, 0.4) is 0 Å². The predicted molar refractivity (Wildman–Crippen MR) is 62.3 cm³/mol. The number of anilines is 1. The predicted octanol–water partition coefficient (Wildman–Crippen LogP) is 1.36. The van der Waals surface area contributed by atoms with Crippen LogP contribution in [-0.2, 0) is 10.0 Å². The number of H-pyrrole nitrogens is 1. The Kier molecular flexibility index (Phi) is 3.19. The van der Waals surface area contributed by atoms with E-state index >= 15 is 0 Å². The molecule has 0 amide bonds. The number of nitrogens with one attached hydrogen (secondary N) is 2. The second-order valence-electron chi connectivity index (χ2n) is 3.34. The van der Waals surface area contributed by atoms with Crippen LogP contribution >= 0.6 is 0 Å². The fourth-order valence-electron chi connectivity index (χ4n) is 1.32. The lowest BCUT2D eigenvalue weighted by molar-refractivity contribution is 0.385. The number of sulfonamides is 1. The molecule has 0 fully saturated rings. The molecule has 0 aliphatic heterocycles. The lowest BCUT2D eigenvalue weighted by Crippen LogP contribution is -2.14. The molecular formula is C10H10FN3O3S. The molecule has 18 heavy (non-hydrogen) atoms. The Bertz CT molecular complexity index is 640. The van der Waals surface area contributed by atoms with Gasteiger partial charge in [0, 0.05) is 12.4 Å². The first-order valence-electron chi connectivity index (χ1n) is 4.88. The smallest absolute Gasteiger partial charge is 0.264 e. The summed E-state index contributed by atoms with van der Waals surface area (Å²) in [6.45, 7) is 0. The van der Waals surface area contributed by atoms with Gasteiger partial charge in [0.1, 0.15) is 0 Å². The number of hydrogen-bond donors (Lipinski definition) is 2. The van der Waals surface area contributed by atoms with Crippen LogP contribution in [0.1, 0.15) is 0 Å². The molecule has 0 aliphatic carbocycles. The van der Waals surface area contributed by atoms with Crippen LogP contribution in [0.2, 0.25) is 0 Å². The number of aromatic amines is 1. The number of hydrogen-bond acceptors (Lipinski definition) is 4. The van der Waals surface area contributed by atoms with E-state index in [-0.39, 0.29) is 16.6 Å².